The van der Waals surface area contributed by atoms with Gasteiger partial charge in [0.15, 0.2) is 0 Å². The van der Waals surface area contributed by atoms with Crippen molar-refractivity contribution in [2.24, 2.45) is 4.99 Å². The molecule has 0 spiro atoms. The number of carbonyl (C=O) groups is 1. The van der Waals surface area contributed by atoms with Crippen molar-refractivity contribution in [1.82, 2.24) is 9.47 Å². The summed E-state index contributed by atoms with van der Waals surface area (Å²) in [5.41, 5.74) is 4.10. The molecule has 144 valence electrons. The Balaban J connectivity index is 1.62. The lowest BCUT2D eigenvalue weighted by molar-refractivity contribution is -0.135. The zero-order valence-electron chi connectivity index (χ0n) is 15.8. The van der Waals surface area contributed by atoms with Crippen LogP contribution in [0, 0.1) is 6.92 Å². The molecule has 3 aromatic rings. The summed E-state index contributed by atoms with van der Waals surface area (Å²) in [5, 5.41) is 1.09. The molecule has 4 rings (SSSR count). The molecule has 0 unspecified atom stereocenters. The topological polar surface area (TPSA) is 46.8 Å². The van der Waals surface area contributed by atoms with Crippen LogP contribution in [0.2, 0.25) is 0 Å². The fourth-order valence-corrected chi connectivity index (χ4v) is 4.02. The van der Waals surface area contributed by atoms with E-state index in [0.717, 1.165) is 26.6 Å². The molecule has 0 N–H and O–H groups in total. The van der Waals surface area contributed by atoms with Gasteiger partial charge in [0.25, 0.3) is 0 Å². The summed E-state index contributed by atoms with van der Waals surface area (Å²) in [4.78, 5) is 19.2. The number of fused-ring (bicyclic) bond motifs is 1. The molecule has 28 heavy (non-hydrogen) atoms. The number of nitrogens with zero attached hydrogens (tertiary/aromatic N) is 3. The molecule has 1 saturated heterocycles. The first-order valence-electron chi connectivity index (χ1n) is 9.35. The highest BCUT2D eigenvalue weighted by Crippen LogP contribution is 2.27. The van der Waals surface area contributed by atoms with Crippen LogP contribution in [0.5, 0.6) is 0 Å². The lowest BCUT2D eigenvalue weighted by Crippen LogP contribution is -2.42. The van der Waals surface area contributed by atoms with Gasteiger partial charge in [0, 0.05) is 46.4 Å². The number of rotatable bonds is 4. The number of benzene rings is 2. The normalized spacial score (nSPS) is 14.9. The number of morpholine rings is 1. The molecule has 1 aliphatic heterocycles. The second-order valence-electron chi connectivity index (χ2n) is 6.94. The van der Waals surface area contributed by atoms with E-state index in [-0.39, 0.29) is 5.91 Å². The monoisotopic (exact) mass is 439 g/mol. The Kier molecular flexibility index (Phi) is 5.59. The van der Waals surface area contributed by atoms with E-state index in [1.165, 1.54) is 5.56 Å². The van der Waals surface area contributed by atoms with Crippen LogP contribution >= 0.6 is 15.9 Å². The van der Waals surface area contributed by atoms with Crippen molar-refractivity contribution in [1.29, 1.82) is 0 Å². The first kappa shape index (κ1) is 18.9. The molecular weight excluding hydrogens is 418 g/mol. The summed E-state index contributed by atoms with van der Waals surface area (Å²) in [7, 11) is 0. The fourth-order valence-electron chi connectivity index (χ4n) is 3.42. The molecule has 5 nitrogen and oxygen atoms in total. The minimum atomic E-state index is 0.119. The van der Waals surface area contributed by atoms with Crippen LogP contribution in [0.1, 0.15) is 11.1 Å². The molecule has 0 saturated carbocycles. The Bertz CT molecular complexity index is 1040. The Morgan fingerprint density at radius 1 is 1.21 bits per heavy atom. The lowest BCUT2D eigenvalue weighted by atomic mass is 10.2. The standard InChI is InChI=1S/C22H22BrN3O2/c1-16-6-7-20(19(23)12-16)24-13-17-14-26(21-5-3-2-4-18(17)21)15-22(27)25-8-10-28-11-9-25/h2-7,12-14H,8-11,15H2,1H3. The van der Waals surface area contributed by atoms with E-state index in [9.17, 15) is 4.79 Å². The molecule has 1 fully saturated rings. The Labute approximate surface area is 172 Å². The number of hydrogen-bond acceptors (Lipinski definition) is 3. The van der Waals surface area contributed by atoms with Gasteiger partial charge in [-0.2, -0.15) is 0 Å². The number of para-hydroxylation sites is 1. The SMILES string of the molecule is Cc1ccc(N=Cc2cn(CC(=O)N3CCOCC3)c3ccccc23)c(Br)c1. The number of halogens is 1. The number of aliphatic imine (C=N–C) groups is 1. The van der Waals surface area contributed by atoms with Crippen LogP contribution in [-0.2, 0) is 16.1 Å². The van der Waals surface area contributed by atoms with Crippen molar-refractivity contribution in [3.05, 3.63) is 64.3 Å². The molecule has 2 aromatic carbocycles. The third kappa shape index (κ3) is 4.03. The third-order valence-electron chi connectivity index (χ3n) is 4.93. The van der Waals surface area contributed by atoms with Crippen molar-refractivity contribution in [2.75, 3.05) is 26.3 Å². The highest BCUT2D eigenvalue weighted by atomic mass is 79.9. The minimum absolute atomic E-state index is 0.119. The van der Waals surface area contributed by atoms with E-state index in [2.05, 4.69) is 40.0 Å². The number of aromatic nitrogens is 1. The summed E-state index contributed by atoms with van der Waals surface area (Å²) in [6, 6.07) is 14.2. The first-order valence-corrected chi connectivity index (χ1v) is 10.1. The molecule has 1 aliphatic rings. The number of carbonyl (C=O) groups excluding carboxylic acids is 1. The van der Waals surface area contributed by atoms with Gasteiger partial charge in [0.1, 0.15) is 6.54 Å². The molecule has 1 aromatic heterocycles. The first-order chi connectivity index (χ1) is 13.6. The third-order valence-corrected chi connectivity index (χ3v) is 5.57. The predicted octanol–water partition coefficient (Wildman–Crippen LogP) is 4.32. The van der Waals surface area contributed by atoms with Gasteiger partial charge in [0.2, 0.25) is 5.91 Å². The van der Waals surface area contributed by atoms with E-state index in [4.69, 9.17) is 4.74 Å². The minimum Gasteiger partial charge on any atom is -0.378 e. The molecule has 1 amide bonds. The van der Waals surface area contributed by atoms with Crippen molar-refractivity contribution in [2.45, 2.75) is 13.5 Å². The van der Waals surface area contributed by atoms with Crippen molar-refractivity contribution >= 4 is 44.6 Å². The Morgan fingerprint density at radius 3 is 2.79 bits per heavy atom. The largest absolute Gasteiger partial charge is 0.378 e. The molecule has 2 heterocycles. The van der Waals surface area contributed by atoms with Gasteiger partial charge >= 0.3 is 0 Å². The van der Waals surface area contributed by atoms with Crippen molar-refractivity contribution in [3.63, 3.8) is 0 Å². The molecule has 0 bridgehead atoms. The average Bonchev–Trinajstić information content (AvgIpc) is 3.06. The number of aryl methyl sites for hydroxylation is 1. The maximum atomic E-state index is 12.7. The Hall–Kier alpha value is -2.44. The summed E-state index contributed by atoms with van der Waals surface area (Å²) < 4.78 is 8.32. The van der Waals surface area contributed by atoms with Crippen LogP contribution in [0.25, 0.3) is 10.9 Å². The van der Waals surface area contributed by atoms with E-state index in [1.54, 1.807) is 0 Å². The summed E-state index contributed by atoms with van der Waals surface area (Å²) in [6.07, 6.45) is 3.88. The second kappa shape index (κ2) is 8.29. The predicted molar refractivity (Wildman–Crippen MR) is 115 cm³/mol. The van der Waals surface area contributed by atoms with Crippen LogP contribution < -0.4 is 0 Å². The van der Waals surface area contributed by atoms with Crippen LogP contribution in [0.3, 0.4) is 0 Å². The average molecular weight is 440 g/mol. The molecular formula is C22H22BrN3O2. The van der Waals surface area contributed by atoms with Gasteiger partial charge < -0.3 is 14.2 Å². The van der Waals surface area contributed by atoms with Crippen molar-refractivity contribution in [3.8, 4) is 0 Å². The van der Waals surface area contributed by atoms with Gasteiger partial charge in [-0.15, -0.1) is 0 Å². The molecule has 0 aliphatic carbocycles. The van der Waals surface area contributed by atoms with E-state index in [0.29, 0.717) is 32.8 Å². The van der Waals surface area contributed by atoms with Crippen molar-refractivity contribution < 1.29 is 9.53 Å². The second-order valence-corrected chi connectivity index (χ2v) is 7.79. The highest BCUT2D eigenvalue weighted by Gasteiger charge is 2.18. The maximum Gasteiger partial charge on any atom is 0.242 e. The van der Waals surface area contributed by atoms with Gasteiger partial charge in [-0.1, -0.05) is 24.3 Å². The van der Waals surface area contributed by atoms with Crippen LogP contribution in [-0.4, -0.2) is 47.9 Å². The lowest BCUT2D eigenvalue weighted by Gasteiger charge is -2.27. The fraction of sp³-hybridized carbons (Fsp3) is 0.273. The van der Waals surface area contributed by atoms with E-state index < -0.39 is 0 Å². The van der Waals surface area contributed by atoms with Crippen LogP contribution in [0.15, 0.2) is 58.1 Å². The van der Waals surface area contributed by atoms with E-state index >= 15 is 0 Å². The van der Waals surface area contributed by atoms with Gasteiger partial charge in [-0.05, 0) is 46.6 Å². The van der Waals surface area contributed by atoms with Gasteiger partial charge in [-0.25, -0.2) is 0 Å². The van der Waals surface area contributed by atoms with Crippen LogP contribution in [0.4, 0.5) is 5.69 Å². The maximum absolute atomic E-state index is 12.7. The quantitative estimate of drug-likeness (QED) is 0.568. The highest BCUT2D eigenvalue weighted by molar-refractivity contribution is 9.10. The molecule has 0 radical (unpaired) electrons. The zero-order chi connectivity index (χ0) is 19.5. The smallest absolute Gasteiger partial charge is 0.242 e. The summed E-state index contributed by atoms with van der Waals surface area (Å²) in [5.74, 6) is 0.119. The number of amides is 1. The Morgan fingerprint density at radius 2 is 2.00 bits per heavy atom. The number of ether oxygens (including phenoxy) is 1. The zero-order valence-corrected chi connectivity index (χ0v) is 17.4. The summed E-state index contributed by atoms with van der Waals surface area (Å²) >= 11 is 3.57. The van der Waals surface area contributed by atoms with E-state index in [1.807, 2.05) is 52.2 Å². The molecule has 0 atom stereocenters. The number of hydrogen-bond donors (Lipinski definition) is 0. The van der Waals surface area contributed by atoms with Gasteiger partial charge in [0.05, 0.1) is 18.9 Å². The molecule has 6 heteroatoms. The summed E-state index contributed by atoms with van der Waals surface area (Å²) in [6.45, 7) is 4.92. The van der Waals surface area contributed by atoms with Gasteiger partial charge in [-0.3, -0.25) is 9.79 Å².